The molecule has 0 aliphatic carbocycles. The van der Waals surface area contributed by atoms with Crippen LogP contribution in [-0.4, -0.2) is 56.1 Å². The number of aromatic nitrogens is 2. The molecular formula is C20H24N4O3. The third kappa shape index (κ3) is 3.73. The van der Waals surface area contributed by atoms with Gasteiger partial charge >= 0.3 is 0 Å². The van der Waals surface area contributed by atoms with Crippen molar-refractivity contribution in [3.63, 3.8) is 0 Å². The minimum atomic E-state index is -0.781. The van der Waals surface area contributed by atoms with Crippen LogP contribution in [0, 0.1) is 0 Å². The van der Waals surface area contributed by atoms with E-state index in [1.165, 1.54) is 0 Å². The lowest BCUT2D eigenvalue weighted by Gasteiger charge is -2.23. The average Bonchev–Trinajstić information content (AvgIpc) is 3.21. The highest BCUT2D eigenvalue weighted by molar-refractivity contribution is 5.85. The number of aliphatic hydroxyl groups is 1. The summed E-state index contributed by atoms with van der Waals surface area (Å²) < 4.78 is 1.88. The zero-order chi connectivity index (χ0) is 18.8. The molecule has 0 bridgehead atoms. The summed E-state index contributed by atoms with van der Waals surface area (Å²) in [7, 11) is 0. The highest BCUT2D eigenvalue weighted by atomic mass is 16.3. The summed E-state index contributed by atoms with van der Waals surface area (Å²) in [6.07, 6.45) is 1.40. The Kier molecular flexibility index (Phi) is 4.94. The van der Waals surface area contributed by atoms with E-state index in [2.05, 4.69) is 5.10 Å². The quantitative estimate of drug-likeness (QED) is 0.883. The van der Waals surface area contributed by atoms with Crippen molar-refractivity contribution in [2.24, 2.45) is 0 Å². The molecule has 0 saturated carbocycles. The molecule has 1 N–H and O–H groups in total. The van der Waals surface area contributed by atoms with Crippen LogP contribution in [0.4, 0.5) is 0 Å². The Balaban J connectivity index is 1.48. The number of amides is 2. The molecule has 2 amide bonds. The van der Waals surface area contributed by atoms with Gasteiger partial charge in [-0.1, -0.05) is 30.3 Å². The predicted molar refractivity (Wildman–Crippen MR) is 98.6 cm³/mol. The molecule has 7 heteroatoms. The van der Waals surface area contributed by atoms with Gasteiger partial charge in [0, 0.05) is 26.1 Å². The Morgan fingerprint density at radius 1 is 1.15 bits per heavy atom. The maximum atomic E-state index is 12.7. The fourth-order valence-corrected chi connectivity index (χ4v) is 3.77. The number of hydrogen-bond acceptors (Lipinski definition) is 4. The van der Waals surface area contributed by atoms with Crippen molar-refractivity contribution in [3.8, 4) is 0 Å². The first kappa shape index (κ1) is 17.7. The molecule has 7 nitrogen and oxygen atoms in total. The maximum Gasteiger partial charge on any atom is 0.242 e. The number of benzene rings is 1. The number of nitrogens with zero attached hydrogens (tertiary/aromatic N) is 4. The molecule has 3 heterocycles. The van der Waals surface area contributed by atoms with E-state index in [-0.39, 0.29) is 18.4 Å². The number of fused-ring (bicyclic) bond motifs is 1. The number of hydrogen-bond donors (Lipinski definition) is 1. The lowest BCUT2D eigenvalue weighted by Crippen LogP contribution is -2.40. The minimum absolute atomic E-state index is 0.0231. The Morgan fingerprint density at radius 2 is 1.96 bits per heavy atom. The third-order valence-corrected chi connectivity index (χ3v) is 5.28. The third-order valence-electron chi connectivity index (χ3n) is 5.28. The largest absolute Gasteiger partial charge is 0.382 e. The normalized spacial score (nSPS) is 18.3. The van der Waals surface area contributed by atoms with Gasteiger partial charge in [-0.05, 0) is 24.5 Å². The molecule has 1 saturated heterocycles. The predicted octanol–water partition coefficient (Wildman–Crippen LogP) is 1.32. The molecule has 142 valence electrons. The van der Waals surface area contributed by atoms with E-state index < -0.39 is 6.10 Å². The van der Waals surface area contributed by atoms with Crippen molar-refractivity contribution in [1.29, 1.82) is 0 Å². The number of rotatable bonds is 4. The monoisotopic (exact) mass is 368 g/mol. The lowest BCUT2D eigenvalue weighted by molar-refractivity contribution is -0.138. The van der Waals surface area contributed by atoms with Crippen molar-refractivity contribution in [3.05, 3.63) is 53.3 Å². The van der Waals surface area contributed by atoms with Crippen molar-refractivity contribution < 1.29 is 14.7 Å². The maximum absolute atomic E-state index is 12.7. The fourth-order valence-electron chi connectivity index (χ4n) is 3.77. The van der Waals surface area contributed by atoms with Gasteiger partial charge in [0.15, 0.2) is 0 Å². The molecule has 2 aromatic rings. The van der Waals surface area contributed by atoms with Gasteiger partial charge in [-0.15, -0.1) is 0 Å². The molecule has 1 aromatic carbocycles. The lowest BCUT2D eigenvalue weighted by atomic mass is 10.1. The van der Waals surface area contributed by atoms with Gasteiger partial charge in [0.1, 0.15) is 6.10 Å². The van der Waals surface area contributed by atoms with Gasteiger partial charge in [-0.2, -0.15) is 5.10 Å². The van der Waals surface area contributed by atoms with E-state index in [0.717, 1.165) is 24.1 Å². The first-order valence-corrected chi connectivity index (χ1v) is 9.47. The summed E-state index contributed by atoms with van der Waals surface area (Å²) in [4.78, 5) is 27.9. The Morgan fingerprint density at radius 3 is 2.70 bits per heavy atom. The van der Waals surface area contributed by atoms with Crippen LogP contribution >= 0.6 is 0 Å². The molecular weight excluding hydrogens is 344 g/mol. The van der Waals surface area contributed by atoms with Crippen LogP contribution < -0.4 is 0 Å². The first-order valence-electron chi connectivity index (χ1n) is 9.47. The number of aryl methyl sites for hydroxylation is 1. The Labute approximate surface area is 158 Å². The highest BCUT2D eigenvalue weighted by Crippen LogP contribution is 2.23. The molecule has 2 aliphatic heterocycles. The van der Waals surface area contributed by atoms with E-state index in [4.69, 9.17) is 0 Å². The van der Waals surface area contributed by atoms with Crippen LogP contribution in [-0.2, 0) is 22.7 Å². The topological polar surface area (TPSA) is 78.7 Å². The van der Waals surface area contributed by atoms with Crippen molar-refractivity contribution in [2.75, 3.05) is 19.6 Å². The zero-order valence-electron chi connectivity index (χ0n) is 15.3. The van der Waals surface area contributed by atoms with Crippen LogP contribution in [0.5, 0.6) is 0 Å². The molecule has 27 heavy (non-hydrogen) atoms. The number of carbonyl (C=O) groups excluding carboxylic acids is 2. The van der Waals surface area contributed by atoms with Gasteiger partial charge in [0.05, 0.1) is 24.5 Å². The molecule has 0 radical (unpaired) electrons. The molecule has 1 aromatic heterocycles. The van der Waals surface area contributed by atoms with E-state index >= 15 is 0 Å². The molecule has 2 aliphatic rings. The van der Waals surface area contributed by atoms with Crippen LogP contribution in [0.25, 0.3) is 0 Å². The van der Waals surface area contributed by atoms with Crippen molar-refractivity contribution >= 4 is 11.8 Å². The summed E-state index contributed by atoms with van der Waals surface area (Å²) in [5.41, 5.74) is 2.31. The number of aliphatic hydroxyl groups excluding tert-OH is 1. The second kappa shape index (κ2) is 7.52. The van der Waals surface area contributed by atoms with Crippen LogP contribution in [0.2, 0.25) is 0 Å². The molecule has 0 spiro atoms. The SMILES string of the molecule is O=C1CCCN1CC(=O)N1CCCn2nc(C(O)c3ccccc3)cc2C1. The van der Waals surface area contributed by atoms with Crippen molar-refractivity contribution in [2.45, 2.75) is 38.5 Å². The molecule has 4 rings (SSSR count). The smallest absolute Gasteiger partial charge is 0.242 e. The zero-order valence-corrected chi connectivity index (χ0v) is 15.3. The second-order valence-corrected chi connectivity index (χ2v) is 7.18. The number of carbonyl (C=O) groups is 2. The summed E-state index contributed by atoms with van der Waals surface area (Å²) in [5, 5.41) is 15.2. The molecule has 1 unspecified atom stereocenters. The van der Waals surface area contributed by atoms with Gasteiger partial charge in [0.2, 0.25) is 11.8 Å². The summed E-state index contributed by atoms with van der Waals surface area (Å²) >= 11 is 0. The summed E-state index contributed by atoms with van der Waals surface area (Å²) in [6, 6.07) is 11.3. The van der Waals surface area contributed by atoms with E-state index in [9.17, 15) is 14.7 Å². The molecule has 1 fully saturated rings. The summed E-state index contributed by atoms with van der Waals surface area (Å²) in [5.74, 6) is 0.0431. The number of likely N-dealkylation sites (tertiary alicyclic amines) is 1. The van der Waals surface area contributed by atoms with Crippen LogP contribution in [0.3, 0.4) is 0 Å². The van der Waals surface area contributed by atoms with E-state index in [0.29, 0.717) is 38.3 Å². The summed E-state index contributed by atoms with van der Waals surface area (Å²) in [6.45, 7) is 2.65. The second-order valence-electron chi connectivity index (χ2n) is 7.18. The van der Waals surface area contributed by atoms with Gasteiger partial charge in [0.25, 0.3) is 0 Å². The molecule has 1 atom stereocenters. The Hall–Kier alpha value is -2.67. The van der Waals surface area contributed by atoms with Gasteiger partial charge in [-0.3, -0.25) is 14.3 Å². The highest BCUT2D eigenvalue weighted by Gasteiger charge is 2.27. The standard InChI is InChI=1S/C20H24N4O3/c25-18-8-4-9-23(18)14-19(26)22-10-5-11-24-16(13-22)12-17(21-24)20(27)15-6-2-1-3-7-15/h1-3,6-7,12,20,27H,4-5,8-11,13-14H2. The average molecular weight is 368 g/mol. The van der Waals surface area contributed by atoms with Crippen molar-refractivity contribution in [1.82, 2.24) is 19.6 Å². The fraction of sp³-hybridized carbons (Fsp3) is 0.450. The minimum Gasteiger partial charge on any atom is -0.382 e. The van der Waals surface area contributed by atoms with E-state index in [1.807, 2.05) is 41.1 Å². The van der Waals surface area contributed by atoms with Gasteiger partial charge in [-0.25, -0.2) is 0 Å². The van der Waals surface area contributed by atoms with Gasteiger partial charge < -0.3 is 14.9 Å². The Bertz CT molecular complexity index is 833. The van der Waals surface area contributed by atoms with Crippen LogP contribution in [0.1, 0.15) is 42.3 Å². The first-order chi connectivity index (χ1) is 13.1. The van der Waals surface area contributed by atoms with Crippen LogP contribution in [0.15, 0.2) is 36.4 Å². The van der Waals surface area contributed by atoms with E-state index in [1.54, 1.807) is 9.80 Å².